The van der Waals surface area contributed by atoms with Gasteiger partial charge >= 0.3 is 6.18 Å². The van der Waals surface area contributed by atoms with Gasteiger partial charge in [0.1, 0.15) is 12.4 Å². The Labute approximate surface area is 130 Å². The topological polar surface area (TPSA) is 43.4 Å². The summed E-state index contributed by atoms with van der Waals surface area (Å²) in [5.41, 5.74) is 0.921. The number of Topliss-reactive ketones (excluding diaryl/α,β-unsaturated/α-hetero) is 2. The highest BCUT2D eigenvalue weighted by molar-refractivity contribution is 6.09. The van der Waals surface area contributed by atoms with Gasteiger partial charge in [0, 0.05) is 5.56 Å². The molecule has 6 heteroatoms. The fraction of sp³-hybridized carbons (Fsp3) is 0.176. The molecule has 0 bridgehead atoms. The van der Waals surface area contributed by atoms with E-state index < -0.39 is 24.2 Å². The quantitative estimate of drug-likeness (QED) is 0.597. The molecule has 0 atom stereocenters. The highest BCUT2D eigenvalue weighted by Gasteiger charge is 2.39. The maximum absolute atomic E-state index is 12.2. The Kier molecular flexibility index (Phi) is 5.16. The molecule has 0 unspecified atom stereocenters. The maximum atomic E-state index is 12.2. The number of rotatable bonds is 6. The van der Waals surface area contributed by atoms with E-state index in [0.29, 0.717) is 5.75 Å². The monoisotopic (exact) mass is 322 g/mol. The number of ketones is 2. The summed E-state index contributed by atoms with van der Waals surface area (Å²) < 4.78 is 42.1. The molecular weight excluding hydrogens is 309 g/mol. The summed E-state index contributed by atoms with van der Waals surface area (Å²) in [6, 6.07) is 15.0. The number of carbonyl (C=O) groups is 2. The molecule has 2 aromatic rings. The smallest absolute Gasteiger partial charge is 0.450 e. The van der Waals surface area contributed by atoms with Gasteiger partial charge in [-0.2, -0.15) is 13.2 Å². The lowest BCUT2D eigenvalue weighted by atomic mass is 10.1. The fourth-order valence-electron chi connectivity index (χ4n) is 1.85. The minimum absolute atomic E-state index is 0.00756. The van der Waals surface area contributed by atoms with E-state index in [1.165, 1.54) is 18.2 Å². The van der Waals surface area contributed by atoms with Crippen LogP contribution in [-0.2, 0) is 11.4 Å². The average molecular weight is 322 g/mol. The molecule has 0 saturated carbocycles. The first-order valence-electron chi connectivity index (χ1n) is 6.76. The van der Waals surface area contributed by atoms with E-state index >= 15 is 0 Å². The number of halogens is 3. The van der Waals surface area contributed by atoms with Gasteiger partial charge in [0.25, 0.3) is 0 Å². The Hall–Kier alpha value is -2.63. The Morgan fingerprint density at radius 2 is 1.65 bits per heavy atom. The van der Waals surface area contributed by atoms with Crippen LogP contribution in [0.5, 0.6) is 5.75 Å². The van der Waals surface area contributed by atoms with Gasteiger partial charge in [0.05, 0.1) is 6.42 Å². The van der Waals surface area contributed by atoms with Crippen molar-refractivity contribution in [1.29, 1.82) is 0 Å². The molecule has 23 heavy (non-hydrogen) atoms. The molecule has 0 saturated heterocycles. The third kappa shape index (κ3) is 4.95. The Balaban J connectivity index is 2.02. The van der Waals surface area contributed by atoms with Crippen LogP contribution in [0.4, 0.5) is 13.2 Å². The number of carbonyl (C=O) groups excluding carboxylic acids is 2. The molecule has 0 heterocycles. The lowest BCUT2D eigenvalue weighted by Gasteiger charge is -2.08. The van der Waals surface area contributed by atoms with Crippen LogP contribution in [0, 0.1) is 0 Å². The second-order valence-electron chi connectivity index (χ2n) is 4.82. The average Bonchev–Trinajstić information content (AvgIpc) is 2.53. The van der Waals surface area contributed by atoms with Crippen LogP contribution in [0.2, 0.25) is 0 Å². The van der Waals surface area contributed by atoms with Crippen molar-refractivity contribution in [3.05, 3.63) is 65.7 Å². The Bertz CT molecular complexity index is 694. The molecule has 3 nitrogen and oxygen atoms in total. The van der Waals surface area contributed by atoms with Crippen molar-refractivity contribution in [2.24, 2.45) is 0 Å². The first-order chi connectivity index (χ1) is 10.9. The van der Waals surface area contributed by atoms with Crippen LogP contribution in [0.25, 0.3) is 0 Å². The number of benzene rings is 2. The maximum Gasteiger partial charge on any atom is 0.450 e. The standard InChI is InChI=1S/C17H13F3O3/c18-17(19,20)16(22)10-15(21)13-7-4-8-14(9-13)23-11-12-5-2-1-3-6-12/h1-9H,10-11H2. The molecule has 0 radical (unpaired) electrons. The highest BCUT2D eigenvalue weighted by Crippen LogP contribution is 2.21. The van der Waals surface area contributed by atoms with Crippen molar-refractivity contribution < 1.29 is 27.5 Å². The second-order valence-corrected chi connectivity index (χ2v) is 4.82. The summed E-state index contributed by atoms with van der Waals surface area (Å²) in [4.78, 5) is 22.6. The zero-order chi connectivity index (χ0) is 16.9. The highest BCUT2D eigenvalue weighted by atomic mass is 19.4. The molecule has 0 spiro atoms. The minimum Gasteiger partial charge on any atom is -0.489 e. The molecule has 2 aromatic carbocycles. The van der Waals surface area contributed by atoms with Crippen LogP contribution in [0.15, 0.2) is 54.6 Å². The van der Waals surface area contributed by atoms with Gasteiger partial charge in [-0.3, -0.25) is 9.59 Å². The summed E-state index contributed by atoms with van der Waals surface area (Å²) in [6.07, 6.45) is -6.21. The minimum atomic E-state index is -5.00. The van der Waals surface area contributed by atoms with Gasteiger partial charge in [-0.1, -0.05) is 42.5 Å². The number of alkyl halides is 3. The van der Waals surface area contributed by atoms with Gasteiger partial charge in [-0.05, 0) is 17.7 Å². The molecule has 2 rings (SSSR count). The molecule has 0 aliphatic heterocycles. The van der Waals surface area contributed by atoms with E-state index in [9.17, 15) is 22.8 Å². The molecule has 0 fully saturated rings. The predicted molar refractivity (Wildman–Crippen MR) is 77.2 cm³/mol. The van der Waals surface area contributed by atoms with Gasteiger partial charge in [0.2, 0.25) is 5.78 Å². The first-order valence-corrected chi connectivity index (χ1v) is 6.76. The Morgan fingerprint density at radius 3 is 2.30 bits per heavy atom. The van der Waals surface area contributed by atoms with Crippen LogP contribution in [0.3, 0.4) is 0 Å². The largest absolute Gasteiger partial charge is 0.489 e. The van der Waals surface area contributed by atoms with Crippen molar-refractivity contribution >= 4 is 11.6 Å². The third-order valence-corrected chi connectivity index (χ3v) is 3.04. The van der Waals surface area contributed by atoms with Crippen molar-refractivity contribution in [2.45, 2.75) is 19.2 Å². The first kappa shape index (κ1) is 16.7. The lowest BCUT2D eigenvalue weighted by molar-refractivity contribution is -0.170. The summed E-state index contributed by atoms with van der Waals surface area (Å²) in [5, 5.41) is 0. The van der Waals surface area contributed by atoms with Crippen molar-refractivity contribution in [1.82, 2.24) is 0 Å². The summed E-state index contributed by atoms with van der Waals surface area (Å²) in [7, 11) is 0. The molecule has 0 amide bonds. The molecule has 0 aromatic heterocycles. The van der Waals surface area contributed by atoms with E-state index in [1.54, 1.807) is 6.07 Å². The summed E-state index contributed by atoms with van der Waals surface area (Å²) in [6.45, 7) is 0.264. The zero-order valence-electron chi connectivity index (χ0n) is 12.0. The lowest BCUT2D eigenvalue weighted by Crippen LogP contribution is -2.25. The summed E-state index contributed by atoms with van der Waals surface area (Å²) >= 11 is 0. The van der Waals surface area contributed by atoms with Gasteiger partial charge in [-0.15, -0.1) is 0 Å². The van der Waals surface area contributed by atoms with E-state index in [4.69, 9.17) is 4.74 Å². The molecule has 0 aliphatic rings. The van der Waals surface area contributed by atoms with E-state index in [2.05, 4.69) is 0 Å². The Morgan fingerprint density at radius 1 is 0.957 bits per heavy atom. The second kappa shape index (κ2) is 7.09. The van der Waals surface area contributed by atoms with Crippen LogP contribution < -0.4 is 4.74 Å². The van der Waals surface area contributed by atoms with Crippen molar-refractivity contribution in [3.8, 4) is 5.75 Å². The van der Waals surface area contributed by atoms with E-state index in [1.807, 2.05) is 30.3 Å². The molecule has 120 valence electrons. The van der Waals surface area contributed by atoms with Gasteiger partial charge < -0.3 is 4.74 Å². The van der Waals surface area contributed by atoms with E-state index in [-0.39, 0.29) is 12.2 Å². The van der Waals surface area contributed by atoms with Crippen LogP contribution in [0.1, 0.15) is 22.3 Å². The van der Waals surface area contributed by atoms with Gasteiger partial charge in [-0.25, -0.2) is 0 Å². The van der Waals surface area contributed by atoms with Gasteiger partial charge in [0.15, 0.2) is 5.78 Å². The number of ether oxygens (including phenoxy) is 1. The molecule has 0 N–H and O–H groups in total. The van der Waals surface area contributed by atoms with Crippen molar-refractivity contribution in [3.63, 3.8) is 0 Å². The van der Waals surface area contributed by atoms with Crippen LogP contribution >= 0.6 is 0 Å². The number of hydrogen-bond donors (Lipinski definition) is 0. The van der Waals surface area contributed by atoms with E-state index in [0.717, 1.165) is 5.56 Å². The predicted octanol–water partition coefficient (Wildman–Crippen LogP) is 3.97. The third-order valence-electron chi connectivity index (χ3n) is 3.04. The SMILES string of the molecule is O=C(CC(=O)C(F)(F)F)c1cccc(OCc2ccccc2)c1. The molecular formula is C17H13F3O3. The van der Waals surface area contributed by atoms with Crippen molar-refractivity contribution in [2.75, 3.05) is 0 Å². The van der Waals surface area contributed by atoms with Crippen LogP contribution in [-0.4, -0.2) is 17.7 Å². The normalized spacial score (nSPS) is 11.1. The fourth-order valence-corrected chi connectivity index (χ4v) is 1.85. The zero-order valence-corrected chi connectivity index (χ0v) is 12.0. The number of hydrogen-bond acceptors (Lipinski definition) is 3. The molecule has 0 aliphatic carbocycles. The summed E-state index contributed by atoms with van der Waals surface area (Å²) in [5.74, 6) is -2.60.